The van der Waals surface area contributed by atoms with Crippen LogP contribution in [0.2, 0.25) is 0 Å². The molecule has 0 unspecified atom stereocenters. The van der Waals surface area contributed by atoms with Crippen LogP contribution in [0.4, 0.5) is 0 Å². The number of hydrogen-bond donors (Lipinski definition) is 1. The Morgan fingerprint density at radius 3 is 2.81 bits per heavy atom. The second kappa shape index (κ2) is 6.24. The Labute approximate surface area is 100 Å². The van der Waals surface area contributed by atoms with Crippen LogP contribution in [-0.4, -0.2) is 52.0 Å². The highest BCUT2D eigenvalue weighted by molar-refractivity contribution is 7.03. The smallest absolute Gasteiger partial charge is 0.0895 e. The predicted molar refractivity (Wildman–Crippen MR) is 63.4 cm³/mol. The summed E-state index contributed by atoms with van der Waals surface area (Å²) in [4.78, 5) is 2.15. The molecule has 5 nitrogen and oxygen atoms in total. The molecule has 1 aromatic heterocycles. The average Bonchev–Trinajstić information content (AvgIpc) is 2.76. The third kappa shape index (κ3) is 3.79. The van der Waals surface area contributed by atoms with E-state index in [9.17, 15) is 5.11 Å². The van der Waals surface area contributed by atoms with Gasteiger partial charge in [0.2, 0.25) is 0 Å². The Bertz CT molecular complexity index is 290. The number of hydrogen-bond acceptors (Lipinski definition) is 6. The van der Waals surface area contributed by atoms with E-state index in [0.29, 0.717) is 13.2 Å². The van der Waals surface area contributed by atoms with E-state index >= 15 is 0 Å². The molecule has 16 heavy (non-hydrogen) atoms. The first-order chi connectivity index (χ1) is 7.60. The monoisotopic (exact) mass is 245 g/mol. The lowest BCUT2D eigenvalue weighted by molar-refractivity contribution is 0.0290. The Hall–Kier alpha value is -0.560. The fourth-order valence-electron chi connectivity index (χ4n) is 1.35. The highest BCUT2D eigenvalue weighted by Gasteiger charge is 2.26. The van der Waals surface area contributed by atoms with Crippen LogP contribution in [0.5, 0.6) is 0 Å². The zero-order chi connectivity index (χ0) is 12.0. The van der Waals surface area contributed by atoms with Crippen molar-refractivity contribution >= 4 is 11.5 Å². The number of aliphatic hydroxyl groups excluding tert-OH is 1. The van der Waals surface area contributed by atoms with E-state index < -0.39 is 0 Å². The van der Waals surface area contributed by atoms with Crippen molar-refractivity contribution in [3.05, 3.63) is 11.1 Å². The number of ether oxygens (including phenoxy) is 1. The van der Waals surface area contributed by atoms with Crippen LogP contribution in [0.25, 0.3) is 0 Å². The minimum absolute atomic E-state index is 0.105. The lowest BCUT2D eigenvalue weighted by atomic mass is 10.0. The van der Waals surface area contributed by atoms with Gasteiger partial charge in [-0.3, -0.25) is 4.90 Å². The molecule has 0 radical (unpaired) electrons. The molecular formula is C10H19N3O2S. The molecule has 0 aliphatic heterocycles. The molecule has 0 bridgehead atoms. The quantitative estimate of drug-likeness (QED) is 0.768. The fourth-order valence-corrected chi connectivity index (χ4v) is 1.79. The maximum absolute atomic E-state index is 9.38. The van der Waals surface area contributed by atoms with Gasteiger partial charge in [-0.1, -0.05) is 4.49 Å². The van der Waals surface area contributed by atoms with Crippen molar-refractivity contribution in [2.45, 2.75) is 25.9 Å². The second-order valence-electron chi connectivity index (χ2n) is 4.28. The van der Waals surface area contributed by atoms with E-state index in [1.807, 2.05) is 19.2 Å². The highest BCUT2D eigenvalue weighted by atomic mass is 32.1. The summed E-state index contributed by atoms with van der Waals surface area (Å²) in [5.41, 5.74) is 0.657. The molecule has 0 amide bonds. The van der Waals surface area contributed by atoms with Gasteiger partial charge in [0.25, 0.3) is 0 Å². The van der Waals surface area contributed by atoms with Crippen molar-refractivity contribution in [3.63, 3.8) is 0 Å². The van der Waals surface area contributed by atoms with Crippen LogP contribution in [0.15, 0.2) is 5.38 Å². The van der Waals surface area contributed by atoms with Gasteiger partial charge >= 0.3 is 0 Å². The first-order valence-corrected chi connectivity index (χ1v) is 6.04. The normalized spacial score (nSPS) is 12.3. The molecule has 1 aromatic rings. The van der Waals surface area contributed by atoms with Gasteiger partial charge in [-0.15, -0.1) is 5.10 Å². The zero-order valence-electron chi connectivity index (χ0n) is 10.0. The summed E-state index contributed by atoms with van der Waals surface area (Å²) in [7, 11) is 1.68. The lowest BCUT2D eigenvalue weighted by Crippen LogP contribution is -2.47. The minimum Gasteiger partial charge on any atom is -0.394 e. The Balaban J connectivity index is 2.63. The van der Waals surface area contributed by atoms with Crippen LogP contribution in [-0.2, 0) is 11.3 Å². The second-order valence-corrected chi connectivity index (χ2v) is 4.89. The topological polar surface area (TPSA) is 58.5 Å². The first kappa shape index (κ1) is 13.5. The molecule has 0 saturated heterocycles. The minimum atomic E-state index is -0.276. The summed E-state index contributed by atoms with van der Waals surface area (Å²) in [6.45, 7) is 6.20. The molecule has 92 valence electrons. The van der Waals surface area contributed by atoms with Gasteiger partial charge in [0.05, 0.1) is 18.9 Å². The summed E-state index contributed by atoms with van der Waals surface area (Å²) < 4.78 is 8.91. The van der Waals surface area contributed by atoms with Gasteiger partial charge in [-0.25, -0.2) is 0 Å². The van der Waals surface area contributed by atoms with Crippen molar-refractivity contribution in [2.24, 2.45) is 0 Å². The molecule has 0 aromatic carbocycles. The molecule has 0 saturated carbocycles. The van der Waals surface area contributed by atoms with Gasteiger partial charge in [0.15, 0.2) is 0 Å². The molecule has 0 aliphatic carbocycles. The van der Waals surface area contributed by atoms with Crippen molar-refractivity contribution in [1.29, 1.82) is 0 Å². The van der Waals surface area contributed by atoms with Crippen LogP contribution in [0.1, 0.15) is 19.5 Å². The molecule has 0 fully saturated rings. The van der Waals surface area contributed by atoms with E-state index in [-0.39, 0.29) is 12.1 Å². The lowest BCUT2D eigenvalue weighted by Gasteiger charge is -2.36. The fraction of sp³-hybridized carbons (Fsp3) is 0.800. The van der Waals surface area contributed by atoms with Crippen LogP contribution >= 0.6 is 11.5 Å². The molecule has 1 N–H and O–H groups in total. The van der Waals surface area contributed by atoms with Gasteiger partial charge in [-0.05, 0) is 25.4 Å². The Morgan fingerprint density at radius 1 is 1.56 bits per heavy atom. The molecule has 0 aliphatic rings. The Morgan fingerprint density at radius 2 is 2.31 bits per heavy atom. The first-order valence-electron chi connectivity index (χ1n) is 5.21. The van der Waals surface area contributed by atoms with Crippen LogP contribution in [0.3, 0.4) is 0 Å². The largest absolute Gasteiger partial charge is 0.394 e. The highest BCUT2D eigenvalue weighted by Crippen LogP contribution is 2.16. The van der Waals surface area contributed by atoms with E-state index in [1.54, 1.807) is 7.11 Å². The Kier molecular flexibility index (Phi) is 5.27. The summed E-state index contributed by atoms with van der Waals surface area (Å²) in [5.74, 6) is 0. The van der Waals surface area contributed by atoms with E-state index in [2.05, 4.69) is 14.5 Å². The number of aromatic nitrogens is 2. The molecular weight excluding hydrogens is 226 g/mol. The van der Waals surface area contributed by atoms with Gasteiger partial charge in [0.1, 0.15) is 0 Å². The summed E-state index contributed by atoms with van der Waals surface area (Å²) >= 11 is 1.34. The SMILES string of the molecule is COCCN(Cc1csnn1)C(C)(C)CO. The summed E-state index contributed by atoms with van der Waals surface area (Å²) in [6.07, 6.45) is 0. The number of methoxy groups -OCH3 is 1. The van der Waals surface area contributed by atoms with Crippen molar-refractivity contribution in [3.8, 4) is 0 Å². The standard InChI is InChI=1S/C10H19N3O2S/c1-10(2,8-14)13(4-5-15-3)6-9-7-16-12-11-9/h7,14H,4-6,8H2,1-3H3. The van der Waals surface area contributed by atoms with Gasteiger partial charge in [-0.2, -0.15) is 0 Å². The average molecular weight is 245 g/mol. The van der Waals surface area contributed by atoms with Crippen molar-refractivity contribution in [1.82, 2.24) is 14.5 Å². The van der Waals surface area contributed by atoms with Gasteiger partial charge < -0.3 is 9.84 Å². The maximum atomic E-state index is 9.38. The molecule has 1 heterocycles. The molecule has 0 atom stereocenters. The third-order valence-corrected chi connectivity index (χ3v) is 3.12. The number of aliphatic hydroxyl groups is 1. The van der Waals surface area contributed by atoms with Crippen LogP contribution in [0, 0.1) is 0 Å². The molecule has 1 rings (SSSR count). The number of nitrogens with zero attached hydrogens (tertiary/aromatic N) is 3. The predicted octanol–water partition coefficient (Wildman–Crippen LogP) is 0.757. The maximum Gasteiger partial charge on any atom is 0.0895 e. The summed E-state index contributed by atoms with van der Waals surface area (Å²) in [6, 6.07) is 0. The molecule has 0 spiro atoms. The third-order valence-electron chi connectivity index (χ3n) is 2.57. The number of rotatable bonds is 7. The van der Waals surface area contributed by atoms with E-state index in [4.69, 9.17) is 4.74 Å². The van der Waals surface area contributed by atoms with E-state index in [1.165, 1.54) is 11.5 Å². The van der Waals surface area contributed by atoms with Gasteiger partial charge in [0, 0.05) is 31.1 Å². The van der Waals surface area contributed by atoms with Crippen LogP contribution < -0.4 is 0 Å². The van der Waals surface area contributed by atoms with Crippen molar-refractivity contribution in [2.75, 3.05) is 26.9 Å². The van der Waals surface area contributed by atoms with Crippen molar-refractivity contribution < 1.29 is 9.84 Å². The molecule has 6 heteroatoms. The summed E-state index contributed by atoms with van der Waals surface area (Å²) in [5, 5.41) is 15.3. The van der Waals surface area contributed by atoms with E-state index in [0.717, 1.165) is 12.2 Å². The zero-order valence-corrected chi connectivity index (χ0v) is 10.8.